The number of carbonyl (C=O) groups excluding carboxylic acids is 1. The quantitative estimate of drug-likeness (QED) is 0.115. The summed E-state index contributed by atoms with van der Waals surface area (Å²) in [6.45, 7) is 2.20. The van der Waals surface area contributed by atoms with Crippen LogP contribution in [-0.4, -0.2) is 66.8 Å². The Morgan fingerprint density at radius 1 is 1.09 bits per heavy atom. The number of aromatic nitrogens is 5. The number of carbonyl (C=O) groups is 2. The predicted molar refractivity (Wildman–Crippen MR) is 197 cm³/mol. The van der Waals surface area contributed by atoms with Crippen LogP contribution in [0.5, 0.6) is 0 Å². The molecule has 0 spiro atoms. The summed E-state index contributed by atoms with van der Waals surface area (Å²) in [5.74, 6) is -5.04. The van der Waals surface area contributed by atoms with Crippen LogP contribution in [-0.2, 0) is 46.3 Å². The minimum absolute atomic E-state index is 0.0766. The molecular formula is C39H34ClF4N5O6S. The molecule has 2 aromatic carbocycles. The zero-order valence-corrected chi connectivity index (χ0v) is 31.9. The molecule has 5 aromatic rings. The molecule has 292 valence electrons. The highest BCUT2D eigenvalue weighted by Crippen LogP contribution is 2.67. The van der Waals surface area contributed by atoms with Crippen molar-refractivity contribution in [1.29, 1.82) is 0 Å². The van der Waals surface area contributed by atoms with Gasteiger partial charge in [0.15, 0.2) is 21.3 Å². The third-order valence-corrected chi connectivity index (χ3v) is 11.0. The second-order valence-corrected chi connectivity index (χ2v) is 17.5. The van der Waals surface area contributed by atoms with Crippen molar-refractivity contribution < 1.29 is 45.8 Å². The van der Waals surface area contributed by atoms with Crippen molar-refractivity contribution in [3.8, 4) is 23.0 Å². The molecule has 2 aliphatic rings. The third kappa shape index (κ3) is 7.55. The van der Waals surface area contributed by atoms with Crippen LogP contribution >= 0.6 is 11.6 Å². The standard InChI is InChI=1S/C39H34ClF4N5O6S/c1-38(2,53)10-9-23-5-6-25(26-7-8-29(40)32-30(18-56(4,54)55)46-48(3)35(26)32)33(45-23)20(11-19-12-21(41)15-22(42)13-19)14-24(50)17-49-36-31(34(47-49)37(51)52)27-16-28(27)39(36,43)44/h5-8,12-13,15,20,27-28,53H,11,14,16-18H2,1-4H3,(H,51,52)/t20-,27+,28-/m1/s1. The van der Waals surface area contributed by atoms with Crippen molar-refractivity contribution in [2.24, 2.45) is 13.0 Å². The zero-order valence-electron chi connectivity index (χ0n) is 30.4. The van der Waals surface area contributed by atoms with E-state index in [0.717, 1.165) is 23.1 Å². The van der Waals surface area contributed by atoms with Crippen LogP contribution in [0.15, 0.2) is 42.5 Å². The number of nitrogens with zero attached hydrogens (tertiary/aromatic N) is 5. The smallest absolute Gasteiger partial charge is 0.356 e. The third-order valence-electron chi connectivity index (χ3n) is 9.85. The average molecular weight is 812 g/mol. The Hall–Kier alpha value is -5.11. The Morgan fingerprint density at radius 2 is 1.77 bits per heavy atom. The van der Waals surface area contributed by atoms with Crippen LogP contribution in [0, 0.1) is 29.4 Å². The Bertz CT molecular complexity index is 2640. The summed E-state index contributed by atoms with van der Waals surface area (Å²) in [5, 5.41) is 29.1. The fraction of sp³-hybridized carbons (Fsp3) is 0.359. The maximum Gasteiger partial charge on any atom is 0.356 e. The van der Waals surface area contributed by atoms with Crippen LogP contribution in [0.4, 0.5) is 17.6 Å². The van der Waals surface area contributed by atoms with Crippen LogP contribution < -0.4 is 0 Å². The number of aryl methyl sites for hydroxylation is 1. The van der Waals surface area contributed by atoms with Crippen LogP contribution in [0.1, 0.15) is 82.9 Å². The van der Waals surface area contributed by atoms with E-state index in [1.54, 1.807) is 31.3 Å². The first-order chi connectivity index (χ1) is 26.1. The van der Waals surface area contributed by atoms with Crippen molar-refractivity contribution in [3.05, 3.63) is 98.7 Å². The Balaban J connectivity index is 1.39. The van der Waals surface area contributed by atoms with Gasteiger partial charge in [0, 0.05) is 59.7 Å². The molecule has 11 nitrogen and oxygen atoms in total. The Kier molecular flexibility index (Phi) is 9.66. The summed E-state index contributed by atoms with van der Waals surface area (Å²) in [7, 11) is -1.97. The first kappa shape index (κ1) is 39.1. The molecular weight excluding hydrogens is 778 g/mol. The lowest BCUT2D eigenvalue weighted by atomic mass is 9.86. The largest absolute Gasteiger partial charge is 0.476 e. The summed E-state index contributed by atoms with van der Waals surface area (Å²) in [6, 6.07) is 9.24. The van der Waals surface area contributed by atoms with Crippen LogP contribution in [0.3, 0.4) is 0 Å². The second-order valence-electron chi connectivity index (χ2n) is 15.0. The number of ketones is 1. The summed E-state index contributed by atoms with van der Waals surface area (Å²) in [5.41, 5.74) is -0.766. The number of alkyl halides is 2. The highest BCUT2D eigenvalue weighted by molar-refractivity contribution is 7.89. The molecule has 0 unspecified atom stereocenters. The minimum atomic E-state index is -3.56. The van der Waals surface area contributed by atoms with Gasteiger partial charge in [-0.2, -0.15) is 19.0 Å². The number of sulfone groups is 1. The van der Waals surface area contributed by atoms with Crippen LogP contribution in [0.2, 0.25) is 5.02 Å². The van der Waals surface area contributed by atoms with Crippen molar-refractivity contribution in [1.82, 2.24) is 24.5 Å². The van der Waals surface area contributed by atoms with Gasteiger partial charge in [-0.1, -0.05) is 23.6 Å². The topological polar surface area (TPSA) is 157 Å². The molecule has 7 rings (SSSR count). The number of carboxylic acid groups (broad SMARTS) is 1. The van der Waals surface area contributed by atoms with E-state index in [1.165, 1.54) is 18.5 Å². The lowest BCUT2D eigenvalue weighted by Gasteiger charge is -2.22. The molecule has 0 bridgehead atoms. The summed E-state index contributed by atoms with van der Waals surface area (Å²) >= 11 is 6.63. The van der Waals surface area contributed by atoms with Gasteiger partial charge in [-0.15, -0.1) is 0 Å². The molecule has 3 atom stereocenters. The van der Waals surface area contributed by atoms with Crippen molar-refractivity contribution in [3.63, 3.8) is 0 Å². The van der Waals surface area contributed by atoms with Gasteiger partial charge in [0.2, 0.25) is 0 Å². The van der Waals surface area contributed by atoms with E-state index >= 15 is 8.78 Å². The van der Waals surface area contributed by atoms with E-state index in [9.17, 15) is 37.0 Å². The van der Waals surface area contributed by atoms with E-state index in [0.29, 0.717) is 28.1 Å². The molecule has 0 aliphatic heterocycles. The van der Waals surface area contributed by atoms with E-state index in [2.05, 4.69) is 22.0 Å². The molecule has 3 heterocycles. The average Bonchev–Trinajstić information content (AvgIpc) is 3.62. The molecule has 0 saturated heterocycles. The summed E-state index contributed by atoms with van der Waals surface area (Å²) in [4.78, 5) is 30.9. The second kappa shape index (κ2) is 13.8. The lowest BCUT2D eigenvalue weighted by molar-refractivity contribution is -0.120. The van der Waals surface area contributed by atoms with E-state index in [1.807, 2.05) is 0 Å². The van der Waals surface area contributed by atoms with Crippen molar-refractivity contribution >= 4 is 44.1 Å². The maximum atomic E-state index is 15.4. The maximum absolute atomic E-state index is 15.4. The van der Waals surface area contributed by atoms with E-state index < -0.39 is 92.6 Å². The molecule has 0 radical (unpaired) electrons. The number of aliphatic hydroxyl groups is 1. The number of halogens is 5. The molecule has 1 fully saturated rings. The predicted octanol–water partition coefficient (Wildman–Crippen LogP) is 6.32. The molecule has 2 aliphatic carbocycles. The number of hydrogen-bond donors (Lipinski definition) is 2. The minimum Gasteiger partial charge on any atom is -0.476 e. The highest BCUT2D eigenvalue weighted by Gasteiger charge is 2.67. The number of benzene rings is 2. The highest BCUT2D eigenvalue weighted by atomic mass is 35.5. The van der Waals surface area contributed by atoms with Gasteiger partial charge in [0.25, 0.3) is 5.92 Å². The molecule has 17 heteroatoms. The lowest BCUT2D eigenvalue weighted by Crippen LogP contribution is -2.24. The number of carboxylic acids is 1. The molecule has 0 amide bonds. The monoisotopic (exact) mass is 811 g/mol. The van der Waals surface area contributed by atoms with Gasteiger partial charge in [-0.3, -0.25) is 14.2 Å². The van der Waals surface area contributed by atoms with Gasteiger partial charge in [-0.25, -0.2) is 27.0 Å². The summed E-state index contributed by atoms with van der Waals surface area (Å²) < 4.78 is 86.9. The van der Waals surface area contributed by atoms with Gasteiger partial charge < -0.3 is 10.2 Å². The number of aromatic carboxylic acids is 1. The number of hydrogen-bond acceptors (Lipinski definition) is 8. The van der Waals surface area contributed by atoms with Gasteiger partial charge in [0.1, 0.15) is 35.2 Å². The van der Waals surface area contributed by atoms with E-state index in [-0.39, 0.29) is 46.1 Å². The van der Waals surface area contributed by atoms with Gasteiger partial charge in [-0.05, 0) is 74.4 Å². The SMILES string of the molecule is Cn1nc(CS(C)(=O)=O)c2c(Cl)ccc(-c3ccc(C#CC(C)(C)O)nc3[C@@H](CC(=O)Cn3nc(C(=O)O)c4c3C(F)(F)[C@@H]3C[C@H]43)Cc3cc(F)cc(F)c3)c21. The van der Waals surface area contributed by atoms with E-state index in [4.69, 9.17) is 16.6 Å². The van der Waals surface area contributed by atoms with Gasteiger partial charge in [0.05, 0.1) is 27.7 Å². The fourth-order valence-corrected chi connectivity index (χ4v) is 8.61. The fourth-order valence-electron chi connectivity index (χ4n) is 7.65. The van der Waals surface area contributed by atoms with Crippen LogP contribution in [0.25, 0.3) is 22.0 Å². The molecule has 3 aromatic heterocycles. The first-order valence-corrected chi connectivity index (χ1v) is 19.8. The summed E-state index contributed by atoms with van der Waals surface area (Å²) in [6.07, 6.45) is 0.526. The van der Waals surface area contributed by atoms with Crippen molar-refractivity contribution in [2.75, 3.05) is 6.26 Å². The molecule has 2 N–H and O–H groups in total. The number of fused-ring (bicyclic) bond motifs is 4. The Labute approximate surface area is 323 Å². The van der Waals surface area contributed by atoms with Crippen molar-refractivity contribution in [2.45, 2.75) is 68.8 Å². The number of Topliss-reactive ketones (excluding diaryl/α,β-unsaturated/α-hetero) is 1. The number of rotatable bonds is 11. The Morgan fingerprint density at radius 3 is 2.41 bits per heavy atom. The molecule has 56 heavy (non-hydrogen) atoms. The van der Waals surface area contributed by atoms with Gasteiger partial charge >= 0.3 is 5.97 Å². The number of pyridine rings is 1. The zero-order chi connectivity index (χ0) is 40.6. The first-order valence-electron chi connectivity index (χ1n) is 17.4. The normalized spacial score (nSPS) is 17.6. The molecule has 1 saturated carbocycles.